The average Bonchev–Trinajstić information content (AvgIpc) is 3.01. The van der Waals surface area contributed by atoms with Gasteiger partial charge < -0.3 is 10.0 Å². The van der Waals surface area contributed by atoms with Crippen molar-refractivity contribution in [1.29, 1.82) is 0 Å². The molecule has 1 aromatic carbocycles. The molecule has 3 heteroatoms. The standard InChI is InChI=1S/C13H17NO2/c1-9-3-6-12(11(7-9)13(15)16)14(2)8-10-4-5-10/h3,6-7,10H,4-5,8H2,1-2H3,(H,15,16). The number of carboxylic acids is 1. The molecule has 0 amide bonds. The molecular weight excluding hydrogens is 202 g/mol. The van der Waals surface area contributed by atoms with Gasteiger partial charge in [-0.3, -0.25) is 0 Å². The maximum atomic E-state index is 11.2. The number of carbonyl (C=O) groups is 1. The Morgan fingerprint density at radius 3 is 2.75 bits per heavy atom. The molecule has 3 nitrogen and oxygen atoms in total. The molecule has 1 aliphatic carbocycles. The van der Waals surface area contributed by atoms with Gasteiger partial charge in [0, 0.05) is 13.6 Å². The smallest absolute Gasteiger partial charge is 0.337 e. The van der Waals surface area contributed by atoms with Gasteiger partial charge in [0.1, 0.15) is 0 Å². The molecule has 2 rings (SSSR count). The van der Waals surface area contributed by atoms with Crippen molar-refractivity contribution in [3.05, 3.63) is 29.3 Å². The van der Waals surface area contributed by atoms with E-state index in [1.165, 1.54) is 12.8 Å². The fourth-order valence-corrected chi connectivity index (χ4v) is 1.94. The van der Waals surface area contributed by atoms with Crippen molar-refractivity contribution in [3.63, 3.8) is 0 Å². The Kier molecular flexibility index (Phi) is 2.86. The zero-order valence-corrected chi connectivity index (χ0v) is 9.73. The van der Waals surface area contributed by atoms with Crippen molar-refractivity contribution < 1.29 is 9.90 Å². The summed E-state index contributed by atoms with van der Waals surface area (Å²) < 4.78 is 0. The number of hydrogen-bond donors (Lipinski definition) is 1. The van der Waals surface area contributed by atoms with E-state index in [1.807, 2.05) is 26.1 Å². The van der Waals surface area contributed by atoms with Gasteiger partial charge in [0.25, 0.3) is 0 Å². The van der Waals surface area contributed by atoms with E-state index >= 15 is 0 Å². The maximum Gasteiger partial charge on any atom is 0.337 e. The molecule has 0 aromatic heterocycles. The largest absolute Gasteiger partial charge is 0.478 e. The van der Waals surface area contributed by atoms with Crippen LogP contribution in [0.1, 0.15) is 28.8 Å². The normalized spacial score (nSPS) is 14.9. The van der Waals surface area contributed by atoms with Crippen molar-refractivity contribution in [2.75, 3.05) is 18.5 Å². The van der Waals surface area contributed by atoms with Gasteiger partial charge in [-0.2, -0.15) is 0 Å². The predicted octanol–water partition coefficient (Wildman–Crippen LogP) is 2.54. The molecule has 0 aliphatic heterocycles. The Bertz CT molecular complexity index is 410. The second-order valence-corrected chi connectivity index (χ2v) is 4.65. The van der Waals surface area contributed by atoms with Gasteiger partial charge in [-0.15, -0.1) is 0 Å². The molecule has 1 aromatic rings. The van der Waals surface area contributed by atoms with E-state index in [9.17, 15) is 4.79 Å². The third-order valence-corrected chi connectivity index (χ3v) is 3.02. The lowest BCUT2D eigenvalue weighted by Crippen LogP contribution is -2.22. The van der Waals surface area contributed by atoms with E-state index in [4.69, 9.17) is 5.11 Å². The average molecular weight is 219 g/mol. The number of hydrogen-bond acceptors (Lipinski definition) is 2. The first kappa shape index (κ1) is 11.0. The van der Waals surface area contributed by atoms with Crippen LogP contribution in [-0.4, -0.2) is 24.7 Å². The van der Waals surface area contributed by atoms with Gasteiger partial charge in [0.05, 0.1) is 11.3 Å². The molecule has 16 heavy (non-hydrogen) atoms. The number of nitrogens with zero attached hydrogens (tertiary/aromatic N) is 1. The number of anilines is 1. The highest BCUT2D eigenvalue weighted by Crippen LogP contribution is 2.31. The molecule has 0 saturated heterocycles. The lowest BCUT2D eigenvalue weighted by molar-refractivity contribution is 0.0697. The van der Waals surface area contributed by atoms with Crippen LogP contribution in [0, 0.1) is 12.8 Å². The van der Waals surface area contributed by atoms with Crippen LogP contribution in [0.3, 0.4) is 0 Å². The van der Waals surface area contributed by atoms with Crippen LogP contribution < -0.4 is 4.90 Å². The summed E-state index contributed by atoms with van der Waals surface area (Å²) >= 11 is 0. The van der Waals surface area contributed by atoms with E-state index in [0.29, 0.717) is 5.56 Å². The van der Waals surface area contributed by atoms with E-state index in [1.54, 1.807) is 6.07 Å². The predicted molar refractivity (Wildman–Crippen MR) is 64.1 cm³/mol. The van der Waals surface area contributed by atoms with Crippen molar-refractivity contribution >= 4 is 11.7 Å². The summed E-state index contributed by atoms with van der Waals surface area (Å²) in [5.41, 5.74) is 2.22. The number of aromatic carboxylic acids is 1. The minimum atomic E-state index is -0.846. The molecule has 0 radical (unpaired) electrons. The van der Waals surface area contributed by atoms with E-state index in [0.717, 1.165) is 23.7 Å². The molecule has 0 heterocycles. The molecule has 1 aliphatic rings. The van der Waals surface area contributed by atoms with Gasteiger partial charge in [-0.1, -0.05) is 11.6 Å². The molecule has 0 atom stereocenters. The molecule has 0 spiro atoms. The lowest BCUT2D eigenvalue weighted by atomic mass is 10.1. The number of rotatable bonds is 4. The van der Waals surface area contributed by atoms with Gasteiger partial charge in [-0.05, 0) is 37.8 Å². The summed E-state index contributed by atoms with van der Waals surface area (Å²) in [6.45, 7) is 2.88. The highest BCUT2D eigenvalue weighted by molar-refractivity contribution is 5.94. The fourth-order valence-electron chi connectivity index (χ4n) is 1.94. The molecule has 1 saturated carbocycles. The monoisotopic (exact) mass is 219 g/mol. The Balaban J connectivity index is 2.26. The van der Waals surface area contributed by atoms with Crippen LogP contribution in [0.15, 0.2) is 18.2 Å². The van der Waals surface area contributed by atoms with Gasteiger partial charge in [-0.25, -0.2) is 4.79 Å². The molecule has 0 bridgehead atoms. The van der Waals surface area contributed by atoms with E-state index in [-0.39, 0.29) is 0 Å². The molecule has 86 valence electrons. The van der Waals surface area contributed by atoms with Gasteiger partial charge >= 0.3 is 5.97 Å². The van der Waals surface area contributed by atoms with Crippen LogP contribution in [-0.2, 0) is 0 Å². The van der Waals surface area contributed by atoms with Crippen molar-refractivity contribution in [2.45, 2.75) is 19.8 Å². The van der Waals surface area contributed by atoms with E-state index in [2.05, 4.69) is 4.90 Å². The highest BCUT2D eigenvalue weighted by atomic mass is 16.4. The number of benzene rings is 1. The molecule has 1 fully saturated rings. The summed E-state index contributed by atoms with van der Waals surface area (Å²) in [4.78, 5) is 13.2. The topological polar surface area (TPSA) is 40.5 Å². The van der Waals surface area contributed by atoms with Crippen LogP contribution in [0.5, 0.6) is 0 Å². The minimum Gasteiger partial charge on any atom is -0.478 e. The van der Waals surface area contributed by atoms with Crippen LogP contribution in [0.4, 0.5) is 5.69 Å². The third-order valence-electron chi connectivity index (χ3n) is 3.02. The first-order chi connectivity index (χ1) is 7.58. The van der Waals surface area contributed by atoms with E-state index < -0.39 is 5.97 Å². The van der Waals surface area contributed by atoms with Crippen LogP contribution >= 0.6 is 0 Å². The zero-order valence-electron chi connectivity index (χ0n) is 9.73. The molecule has 0 unspecified atom stereocenters. The summed E-state index contributed by atoms with van der Waals surface area (Å²) in [7, 11) is 1.97. The summed E-state index contributed by atoms with van der Waals surface area (Å²) in [5.74, 6) is -0.0886. The second-order valence-electron chi connectivity index (χ2n) is 4.65. The van der Waals surface area contributed by atoms with Crippen molar-refractivity contribution in [2.24, 2.45) is 5.92 Å². The lowest BCUT2D eigenvalue weighted by Gasteiger charge is -2.21. The number of aryl methyl sites for hydroxylation is 1. The molecule has 1 N–H and O–H groups in total. The quantitative estimate of drug-likeness (QED) is 0.846. The van der Waals surface area contributed by atoms with Crippen LogP contribution in [0.25, 0.3) is 0 Å². The van der Waals surface area contributed by atoms with Crippen molar-refractivity contribution in [3.8, 4) is 0 Å². The van der Waals surface area contributed by atoms with Crippen LogP contribution in [0.2, 0.25) is 0 Å². The fraction of sp³-hybridized carbons (Fsp3) is 0.462. The first-order valence-electron chi connectivity index (χ1n) is 5.63. The maximum absolute atomic E-state index is 11.2. The Labute approximate surface area is 95.7 Å². The van der Waals surface area contributed by atoms with Gasteiger partial charge in [0.15, 0.2) is 0 Å². The first-order valence-corrected chi connectivity index (χ1v) is 5.63. The van der Waals surface area contributed by atoms with Gasteiger partial charge in [0.2, 0.25) is 0 Å². The Hall–Kier alpha value is -1.51. The Morgan fingerprint density at radius 1 is 1.50 bits per heavy atom. The second kappa shape index (κ2) is 4.16. The minimum absolute atomic E-state index is 0.406. The highest BCUT2D eigenvalue weighted by Gasteiger charge is 2.24. The summed E-state index contributed by atoms with van der Waals surface area (Å²) in [6.07, 6.45) is 2.55. The van der Waals surface area contributed by atoms with Crippen molar-refractivity contribution in [1.82, 2.24) is 0 Å². The SMILES string of the molecule is Cc1ccc(N(C)CC2CC2)c(C(=O)O)c1. The Morgan fingerprint density at radius 2 is 2.19 bits per heavy atom. The number of carboxylic acid groups (broad SMARTS) is 1. The third kappa shape index (κ3) is 2.35. The summed E-state index contributed by atoms with van der Waals surface area (Å²) in [5, 5.41) is 9.16. The molecular formula is C13H17NO2. The summed E-state index contributed by atoms with van der Waals surface area (Å²) in [6, 6.07) is 5.60. The zero-order chi connectivity index (χ0) is 11.7.